The fraction of sp³-hybridized carbons (Fsp3) is 0.200. The lowest BCUT2D eigenvalue weighted by molar-refractivity contribution is -0.436. The molecule has 8 heteroatoms. The van der Waals surface area contributed by atoms with E-state index in [1.807, 2.05) is 115 Å². The minimum atomic E-state index is -1.57. The zero-order valence-electron chi connectivity index (χ0n) is 24.2. The summed E-state index contributed by atoms with van der Waals surface area (Å²) in [5.41, 5.74) is 1.87. The number of nitrogens with zero attached hydrogens (tertiary/aromatic N) is 2. The van der Waals surface area contributed by atoms with E-state index in [1.54, 1.807) is 25.2 Å². The highest BCUT2D eigenvalue weighted by Gasteiger charge is 2.49. The molecule has 0 bridgehead atoms. The highest BCUT2D eigenvalue weighted by atomic mass is 16.6. The van der Waals surface area contributed by atoms with Crippen LogP contribution in [0.1, 0.15) is 34.6 Å². The zero-order chi connectivity index (χ0) is 30.2. The fourth-order valence-electron chi connectivity index (χ4n) is 5.38. The van der Waals surface area contributed by atoms with Crippen molar-refractivity contribution in [2.45, 2.75) is 31.2 Å². The molecular formula is C35H35N3O5. The average molecular weight is 578 g/mol. The average Bonchev–Trinajstić information content (AvgIpc) is 3.05. The first-order chi connectivity index (χ1) is 20.9. The minimum Gasteiger partial charge on any atom is -0.497 e. The van der Waals surface area contributed by atoms with Gasteiger partial charge in [-0.3, -0.25) is 10.1 Å². The van der Waals surface area contributed by atoms with E-state index in [4.69, 9.17) is 9.47 Å². The van der Waals surface area contributed by atoms with Crippen molar-refractivity contribution in [1.29, 1.82) is 0 Å². The van der Waals surface area contributed by atoms with Gasteiger partial charge in [0.15, 0.2) is 11.5 Å². The topological polar surface area (TPSA) is 97.1 Å². The van der Waals surface area contributed by atoms with E-state index in [9.17, 15) is 15.2 Å². The second-order valence-electron chi connectivity index (χ2n) is 10.4. The summed E-state index contributed by atoms with van der Waals surface area (Å²) >= 11 is 0. The minimum absolute atomic E-state index is 0.00556. The Labute approximate surface area is 251 Å². The molecule has 8 nitrogen and oxygen atoms in total. The van der Waals surface area contributed by atoms with Crippen LogP contribution in [0.3, 0.4) is 0 Å². The molecule has 0 aromatic heterocycles. The molecule has 5 rings (SSSR count). The van der Waals surface area contributed by atoms with Crippen molar-refractivity contribution in [3.63, 3.8) is 0 Å². The van der Waals surface area contributed by atoms with Gasteiger partial charge in [-0.2, -0.15) is 0 Å². The van der Waals surface area contributed by atoms with Crippen molar-refractivity contribution >= 4 is 6.08 Å². The van der Waals surface area contributed by atoms with Crippen molar-refractivity contribution in [2.24, 2.45) is 0 Å². The molecule has 4 aromatic rings. The van der Waals surface area contributed by atoms with Gasteiger partial charge in [0.25, 0.3) is 5.70 Å². The number of benzene rings is 4. The van der Waals surface area contributed by atoms with Gasteiger partial charge in [-0.1, -0.05) is 91.0 Å². The van der Waals surface area contributed by atoms with Gasteiger partial charge in [0, 0.05) is 19.5 Å². The molecule has 0 saturated heterocycles. The van der Waals surface area contributed by atoms with Crippen LogP contribution < -0.4 is 14.8 Å². The smallest absolute Gasteiger partial charge is 0.293 e. The lowest BCUT2D eigenvalue weighted by Crippen LogP contribution is -2.54. The highest BCUT2D eigenvalue weighted by Crippen LogP contribution is 2.44. The molecule has 1 aliphatic heterocycles. The molecule has 0 saturated carbocycles. The van der Waals surface area contributed by atoms with Gasteiger partial charge in [-0.25, -0.2) is 0 Å². The van der Waals surface area contributed by atoms with Crippen molar-refractivity contribution in [3.8, 4) is 11.5 Å². The Bertz CT molecular complexity index is 1570. The van der Waals surface area contributed by atoms with Gasteiger partial charge in [0.1, 0.15) is 11.5 Å². The number of ether oxygens (including phenoxy) is 2. The molecule has 4 aromatic carbocycles. The number of nitrogens with one attached hydrogen (secondary N) is 1. The van der Waals surface area contributed by atoms with Crippen molar-refractivity contribution in [3.05, 3.63) is 159 Å². The lowest BCUT2D eigenvalue weighted by Gasteiger charge is -2.45. The second-order valence-corrected chi connectivity index (χ2v) is 10.4. The Balaban J connectivity index is 1.64. The molecule has 0 radical (unpaired) electrons. The zero-order valence-corrected chi connectivity index (χ0v) is 24.2. The van der Waals surface area contributed by atoms with Crippen LogP contribution in [0.25, 0.3) is 6.08 Å². The molecule has 0 aliphatic carbocycles. The van der Waals surface area contributed by atoms with E-state index >= 15 is 0 Å². The highest BCUT2D eigenvalue weighted by molar-refractivity contribution is 5.51. The van der Waals surface area contributed by atoms with Crippen LogP contribution in [0.2, 0.25) is 0 Å². The number of methoxy groups -OCH3 is 2. The van der Waals surface area contributed by atoms with Crippen LogP contribution in [0, 0.1) is 10.1 Å². The molecular weight excluding hydrogens is 542 g/mol. The van der Waals surface area contributed by atoms with Crippen LogP contribution in [0.4, 0.5) is 0 Å². The predicted octanol–water partition coefficient (Wildman–Crippen LogP) is 6.33. The number of aliphatic hydroxyl groups is 1. The van der Waals surface area contributed by atoms with Crippen molar-refractivity contribution < 1.29 is 19.5 Å². The first-order valence-electron chi connectivity index (χ1n) is 14.1. The summed E-state index contributed by atoms with van der Waals surface area (Å²) in [7, 11) is 3.21. The number of allylic oxidation sites excluding steroid dienone is 1. The van der Waals surface area contributed by atoms with E-state index in [-0.39, 0.29) is 29.4 Å². The molecule has 43 heavy (non-hydrogen) atoms. The molecule has 2 unspecified atom stereocenters. The standard InChI is InChI=1S/C35H35N3O5/c1-42-30-17-13-27(14-18-30)24-36-34-33(38(40)41)32(29-11-7-4-8-12-29)23-35(39,22-21-26-9-5-3-6-10-26)37(34)25-28-15-19-31(43-2)20-16-28/h3-22,32,36,39H,23-25H2,1-2H3/b22-21+. The van der Waals surface area contributed by atoms with Gasteiger partial charge < -0.3 is 24.8 Å². The van der Waals surface area contributed by atoms with Gasteiger partial charge in [-0.05, 0) is 52.6 Å². The third-order valence-corrected chi connectivity index (χ3v) is 7.67. The van der Waals surface area contributed by atoms with Crippen LogP contribution in [-0.4, -0.2) is 34.9 Å². The Morgan fingerprint density at radius 3 is 2.00 bits per heavy atom. The molecule has 220 valence electrons. The summed E-state index contributed by atoms with van der Waals surface area (Å²) in [6.07, 6.45) is 3.69. The maximum Gasteiger partial charge on any atom is 0.293 e. The monoisotopic (exact) mass is 577 g/mol. The third kappa shape index (κ3) is 6.88. The van der Waals surface area contributed by atoms with Gasteiger partial charge in [0.2, 0.25) is 0 Å². The van der Waals surface area contributed by atoms with E-state index in [2.05, 4.69) is 5.32 Å². The van der Waals surface area contributed by atoms with Crippen LogP contribution >= 0.6 is 0 Å². The summed E-state index contributed by atoms with van der Waals surface area (Å²) in [5, 5.41) is 28.7. The fourth-order valence-corrected chi connectivity index (χ4v) is 5.38. The van der Waals surface area contributed by atoms with E-state index < -0.39 is 11.6 Å². The Morgan fingerprint density at radius 2 is 1.44 bits per heavy atom. The Kier molecular flexibility index (Phi) is 9.08. The van der Waals surface area contributed by atoms with Gasteiger partial charge in [-0.15, -0.1) is 0 Å². The SMILES string of the molecule is COc1ccc(CNC2=C([N+](=O)[O-])C(c3ccccc3)CC(O)(/C=C/c3ccccc3)N2Cc2ccc(OC)cc2)cc1. The van der Waals surface area contributed by atoms with E-state index in [0.29, 0.717) is 12.3 Å². The Morgan fingerprint density at radius 1 is 0.884 bits per heavy atom. The number of rotatable bonds is 11. The van der Waals surface area contributed by atoms with Crippen LogP contribution in [0.5, 0.6) is 11.5 Å². The van der Waals surface area contributed by atoms with E-state index in [1.165, 1.54) is 0 Å². The molecule has 2 N–H and O–H groups in total. The number of hydrogen-bond donors (Lipinski definition) is 2. The molecule has 0 amide bonds. The van der Waals surface area contributed by atoms with Crippen LogP contribution in [0.15, 0.2) is 127 Å². The predicted molar refractivity (Wildman–Crippen MR) is 167 cm³/mol. The molecule has 1 heterocycles. The summed E-state index contributed by atoms with van der Waals surface area (Å²) in [6.45, 7) is 0.513. The third-order valence-electron chi connectivity index (χ3n) is 7.67. The first-order valence-corrected chi connectivity index (χ1v) is 14.1. The van der Waals surface area contributed by atoms with Gasteiger partial charge >= 0.3 is 0 Å². The van der Waals surface area contributed by atoms with Crippen LogP contribution in [-0.2, 0) is 13.1 Å². The quantitative estimate of drug-likeness (QED) is 0.159. The maximum atomic E-state index is 12.9. The lowest BCUT2D eigenvalue weighted by atomic mass is 9.82. The second kappa shape index (κ2) is 13.3. The largest absolute Gasteiger partial charge is 0.497 e. The molecule has 2 atom stereocenters. The number of nitro groups is 1. The van der Waals surface area contributed by atoms with Gasteiger partial charge in [0.05, 0.1) is 25.1 Å². The Hall–Kier alpha value is -5.08. The summed E-state index contributed by atoms with van der Waals surface area (Å²) < 4.78 is 10.6. The van der Waals surface area contributed by atoms with Crippen molar-refractivity contribution in [1.82, 2.24) is 10.2 Å². The number of hydrogen-bond acceptors (Lipinski definition) is 7. The normalized spacial score (nSPS) is 18.5. The first kappa shape index (κ1) is 29.4. The maximum absolute atomic E-state index is 12.9. The summed E-state index contributed by atoms with van der Waals surface area (Å²) in [4.78, 5) is 14.2. The molecule has 0 fully saturated rings. The molecule has 0 spiro atoms. The summed E-state index contributed by atoms with van der Waals surface area (Å²) in [5.74, 6) is 1.01. The molecule has 1 aliphatic rings. The van der Waals surface area contributed by atoms with Crippen molar-refractivity contribution in [2.75, 3.05) is 14.2 Å². The summed E-state index contributed by atoms with van der Waals surface area (Å²) in [6, 6.07) is 34.0. The van der Waals surface area contributed by atoms with E-state index in [0.717, 1.165) is 28.0 Å².